The van der Waals surface area contributed by atoms with Gasteiger partial charge in [0.05, 0.1) is 6.54 Å². The predicted octanol–water partition coefficient (Wildman–Crippen LogP) is 3.19. The van der Waals surface area contributed by atoms with Crippen molar-refractivity contribution in [1.29, 1.82) is 0 Å². The molecule has 1 fully saturated rings. The smallest absolute Gasteiger partial charge is 0.310 e. The fourth-order valence-corrected chi connectivity index (χ4v) is 2.58. The van der Waals surface area contributed by atoms with Crippen molar-refractivity contribution >= 4 is 0 Å². The minimum atomic E-state index is -2.50. The second-order valence-electron chi connectivity index (χ2n) is 5.29. The van der Waals surface area contributed by atoms with Crippen LogP contribution in [0, 0.1) is 11.8 Å². The van der Waals surface area contributed by atoms with Crippen LogP contribution in [-0.4, -0.2) is 16.1 Å². The molecule has 0 atom stereocenters. The average molecular weight is 257 g/mol. The van der Waals surface area contributed by atoms with Gasteiger partial charge in [0.25, 0.3) is 0 Å². The van der Waals surface area contributed by atoms with Crippen molar-refractivity contribution in [2.24, 2.45) is 11.8 Å². The Balaban J connectivity index is 1.73. The van der Waals surface area contributed by atoms with Gasteiger partial charge in [-0.3, -0.25) is 4.57 Å². The zero-order valence-electron chi connectivity index (χ0n) is 10.8. The van der Waals surface area contributed by atoms with Gasteiger partial charge >= 0.3 is 6.55 Å². The van der Waals surface area contributed by atoms with Crippen LogP contribution < -0.4 is 5.32 Å². The van der Waals surface area contributed by atoms with E-state index in [0.717, 1.165) is 17.0 Å². The van der Waals surface area contributed by atoms with E-state index in [9.17, 15) is 8.78 Å². The van der Waals surface area contributed by atoms with Gasteiger partial charge in [-0.25, -0.2) is 4.98 Å². The minimum absolute atomic E-state index is 0.411. The number of aromatic nitrogens is 2. The molecule has 0 aliphatic heterocycles. The third-order valence-corrected chi connectivity index (χ3v) is 3.81. The average Bonchev–Trinajstić information content (AvgIpc) is 2.80. The second kappa shape index (κ2) is 6.27. The monoisotopic (exact) mass is 257 g/mol. The number of nitrogens with one attached hydrogen (secondary N) is 1. The predicted molar refractivity (Wildman–Crippen MR) is 66.3 cm³/mol. The summed E-state index contributed by atoms with van der Waals surface area (Å²) in [4.78, 5) is 3.95. The molecule has 0 spiro atoms. The fraction of sp³-hybridized carbons (Fsp3) is 0.769. The van der Waals surface area contributed by atoms with Crippen molar-refractivity contribution in [2.75, 3.05) is 6.54 Å². The van der Waals surface area contributed by atoms with E-state index in [0.29, 0.717) is 18.3 Å². The van der Waals surface area contributed by atoms with E-state index >= 15 is 0 Å². The molecule has 0 unspecified atom stereocenters. The maximum atomic E-state index is 12.6. The SMILES string of the molecule is CC1CCC(CNCc2nccn2C(F)F)CC1. The van der Waals surface area contributed by atoms with Gasteiger partial charge in [-0.1, -0.05) is 19.8 Å². The first-order valence-corrected chi connectivity index (χ1v) is 6.67. The van der Waals surface area contributed by atoms with E-state index in [1.165, 1.54) is 38.1 Å². The van der Waals surface area contributed by atoms with Gasteiger partial charge in [0, 0.05) is 12.4 Å². The van der Waals surface area contributed by atoms with Gasteiger partial charge in [-0.15, -0.1) is 0 Å². The first kappa shape index (κ1) is 13.5. The highest BCUT2D eigenvalue weighted by Crippen LogP contribution is 2.27. The molecule has 0 aromatic carbocycles. The first-order valence-electron chi connectivity index (χ1n) is 6.67. The molecule has 5 heteroatoms. The molecule has 102 valence electrons. The maximum Gasteiger partial charge on any atom is 0.319 e. The minimum Gasteiger partial charge on any atom is -0.310 e. The van der Waals surface area contributed by atoms with Gasteiger partial charge in [0.1, 0.15) is 5.82 Å². The molecule has 1 N–H and O–H groups in total. The Kier molecular flexibility index (Phi) is 4.69. The van der Waals surface area contributed by atoms with Crippen molar-refractivity contribution in [3.05, 3.63) is 18.2 Å². The van der Waals surface area contributed by atoms with Crippen LogP contribution in [0.15, 0.2) is 12.4 Å². The summed E-state index contributed by atoms with van der Waals surface area (Å²) in [5, 5.41) is 3.25. The summed E-state index contributed by atoms with van der Waals surface area (Å²) < 4.78 is 26.1. The van der Waals surface area contributed by atoms with Gasteiger partial charge in [0.15, 0.2) is 0 Å². The standard InChI is InChI=1S/C13H21F2N3/c1-10-2-4-11(5-3-10)8-16-9-12-17-6-7-18(12)13(14)15/h6-7,10-11,13,16H,2-5,8-9H2,1H3. The van der Waals surface area contributed by atoms with Crippen LogP contribution in [0.2, 0.25) is 0 Å². The molecule has 1 heterocycles. The highest BCUT2D eigenvalue weighted by atomic mass is 19.3. The third-order valence-electron chi connectivity index (χ3n) is 3.81. The summed E-state index contributed by atoms with van der Waals surface area (Å²) in [6, 6.07) is 0. The molecular weight excluding hydrogens is 236 g/mol. The summed E-state index contributed by atoms with van der Waals surface area (Å²) in [6.07, 6.45) is 7.82. The molecule has 2 rings (SSSR count). The molecular formula is C13H21F2N3. The van der Waals surface area contributed by atoms with Crippen molar-refractivity contribution in [3.63, 3.8) is 0 Å². The molecule has 1 aliphatic rings. The molecule has 0 radical (unpaired) electrons. The lowest BCUT2D eigenvalue weighted by molar-refractivity contribution is 0.0665. The van der Waals surface area contributed by atoms with E-state index in [1.807, 2.05) is 0 Å². The van der Waals surface area contributed by atoms with Gasteiger partial charge in [-0.05, 0) is 31.2 Å². The summed E-state index contributed by atoms with van der Waals surface area (Å²) in [7, 11) is 0. The van der Waals surface area contributed by atoms with Crippen molar-refractivity contribution in [2.45, 2.75) is 45.7 Å². The zero-order valence-corrected chi connectivity index (χ0v) is 10.8. The molecule has 1 aliphatic carbocycles. The van der Waals surface area contributed by atoms with Gasteiger partial charge in [0.2, 0.25) is 0 Å². The molecule has 1 saturated carbocycles. The van der Waals surface area contributed by atoms with Crippen LogP contribution in [0.25, 0.3) is 0 Å². The van der Waals surface area contributed by atoms with Crippen LogP contribution >= 0.6 is 0 Å². The maximum absolute atomic E-state index is 12.6. The van der Waals surface area contributed by atoms with E-state index in [1.54, 1.807) is 0 Å². The van der Waals surface area contributed by atoms with Crippen LogP contribution in [-0.2, 0) is 6.54 Å². The normalized spacial score (nSPS) is 24.7. The highest BCUT2D eigenvalue weighted by Gasteiger charge is 2.18. The third kappa shape index (κ3) is 3.51. The van der Waals surface area contributed by atoms with Crippen molar-refractivity contribution in [3.8, 4) is 0 Å². The van der Waals surface area contributed by atoms with Crippen molar-refractivity contribution in [1.82, 2.24) is 14.9 Å². The van der Waals surface area contributed by atoms with Crippen LogP contribution in [0.5, 0.6) is 0 Å². The molecule has 18 heavy (non-hydrogen) atoms. The summed E-state index contributed by atoms with van der Waals surface area (Å²) in [5.74, 6) is 1.95. The Labute approximate surface area is 107 Å². The number of alkyl halides is 2. The number of imidazole rings is 1. The number of halogens is 2. The lowest BCUT2D eigenvalue weighted by Crippen LogP contribution is -2.26. The quantitative estimate of drug-likeness (QED) is 0.878. The van der Waals surface area contributed by atoms with Crippen LogP contribution in [0.3, 0.4) is 0 Å². The summed E-state index contributed by atoms with van der Waals surface area (Å²) in [6.45, 7) is 1.12. The molecule has 0 amide bonds. The largest absolute Gasteiger partial charge is 0.319 e. The second-order valence-corrected chi connectivity index (χ2v) is 5.29. The number of hydrogen-bond donors (Lipinski definition) is 1. The Morgan fingerprint density at radius 3 is 2.78 bits per heavy atom. The molecule has 1 aromatic rings. The van der Waals surface area contributed by atoms with Crippen LogP contribution in [0.1, 0.15) is 45.0 Å². The molecule has 0 saturated heterocycles. The van der Waals surface area contributed by atoms with Crippen LogP contribution in [0.4, 0.5) is 8.78 Å². The zero-order chi connectivity index (χ0) is 13.0. The highest BCUT2D eigenvalue weighted by molar-refractivity contribution is 4.92. The number of hydrogen-bond acceptors (Lipinski definition) is 2. The number of rotatable bonds is 5. The lowest BCUT2D eigenvalue weighted by atomic mass is 9.83. The Morgan fingerprint density at radius 2 is 2.11 bits per heavy atom. The van der Waals surface area contributed by atoms with E-state index in [2.05, 4.69) is 17.2 Å². The molecule has 0 bridgehead atoms. The van der Waals surface area contributed by atoms with E-state index in [4.69, 9.17) is 0 Å². The summed E-state index contributed by atoms with van der Waals surface area (Å²) >= 11 is 0. The van der Waals surface area contributed by atoms with E-state index in [-0.39, 0.29) is 0 Å². The number of nitrogens with zero attached hydrogens (tertiary/aromatic N) is 2. The van der Waals surface area contributed by atoms with Crippen molar-refractivity contribution < 1.29 is 8.78 Å². The molecule has 3 nitrogen and oxygen atoms in total. The lowest BCUT2D eigenvalue weighted by Gasteiger charge is -2.26. The Morgan fingerprint density at radius 1 is 1.39 bits per heavy atom. The van der Waals surface area contributed by atoms with E-state index < -0.39 is 6.55 Å². The first-order chi connectivity index (χ1) is 8.66. The molecule has 1 aromatic heterocycles. The van der Waals surface area contributed by atoms with Gasteiger partial charge < -0.3 is 5.32 Å². The topological polar surface area (TPSA) is 29.9 Å². The summed E-state index contributed by atoms with van der Waals surface area (Å²) in [5.41, 5.74) is 0. The Hall–Kier alpha value is -0.970. The Bertz CT molecular complexity index is 357. The fourth-order valence-electron chi connectivity index (χ4n) is 2.58. The van der Waals surface area contributed by atoms with Gasteiger partial charge in [-0.2, -0.15) is 8.78 Å².